The highest BCUT2D eigenvalue weighted by atomic mass is 32.1. The van der Waals surface area contributed by atoms with Gasteiger partial charge in [-0.1, -0.05) is 30.3 Å². The number of carbonyl (C=O) groups excluding carboxylic acids is 1. The maximum Gasteiger partial charge on any atom is 0.251 e. The molecule has 0 spiro atoms. The quantitative estimate of drug-likeness (QED) is 0.672. The fourth-order valence-electron chi connectivity index (χ4n) is 3.88. The summed E-state index contributed by atoms with van der Waals surface area (Å²) in [7, 11) is 0. The molecular formula is C24H26N2OS. The topological polar surface area (TPSA) is 32.3 Å². The summed E-state index contributed by atoms with van der Waals surface area (Å²) in [6, 6.07) is 17.0. The van der Waals surface area contributed by atoms with E-state index < -0.39 is 0 Å². The molecule has 1 aliphatic heterocycles. The summed E-state index contributed by atoms with van der Waals surface area (Å²) in [5, 5.41) is 7.50. The van der Waals surface area contributed by atoms with E-state index in [-0.39, 0.29) is 11.9 Å². The van der Waals surface area contributed by atoms with Crippen LogP contribution >= 0.6 is 11.3 Å². The van der Waals surface area contributed by atoms with Gasteiger partial charge in [0.25, 0.3) is 5.91 Å². The maximum atomic E-state index is 12.7. The normalized spacial score (nSPS) is 15.1. The zero-order valence-corrected chi connectivity index (χ0v) is 17.3. The van der Waals surface area contributed by atoms with E-state index in [0.29, 0.717) is 6.54 Å². The second-order valence-electron chi connectivity index (χ2n) is 7.57. The van der Waals surface area contributed by atoms with Gasteiger partial charge in [0, 0.05) is 25.2 Å². The molecule has 0 fully saturated rings. The minimum atomic E-state index is 0.000684. The number of rotatable bonds is 5. The Morgan fingerprint density at radius 3 is 2.68 bits per heavy atom. The molecule has 0 bridgehead atoms. The Morgan fingerprint density at radius 2 is 1.93 bits per heavy atom. The molecule has 4 rings (SSSR count). The average molecular weight is 391 g/mol. The molecule has 0 saturated heterocycles. The second kappa shape index (κ2) is 8.29. The van der Waals surface area contributed by atoms with E-state index in [0.717, 1.165) is 30.6 Å². The van der Waals surface area contributed by atoms with Gasteiger partial charge in [-0.25, -0.2) is 0 Å². The highest BCUT2D eigenvalue weighted by molar-refractivity contribution is 7.07. The van der Waals surface area contributed by atoms with Gasteiger partial charge in [-0.15, -0.1) is 0 Å². The van der Waals surface area contributed by atoms with Crippen LogP contribution in [-0.2, 0) is 13.0 Å². The Balaban J connectivity index is 1.50. The van der Waals surface area contributed by atoms with Crippen molar-refractivity contribution < 1.29 is 4.79 Å². The lowest BCUT2D eigenvalue weighted by Gasteiger charge is -2.35. The summed E-state index contributed by atoms with van der Waals surface area (Å²) >= 11 is 1.71. The van der Waals surface area contributed by atoms with Crippen LogP contribution in [0.2, 0.25) is 0 Å². The molecule has 1 atom stereocenters. The van der Waals surface area contributed by atoms with Gasteiger partial charge >= 0.3 is 0 Å². The summed E-state index contributed by atoms with van der Waals surface area (Å²) in [6.45, 7) is 6.67. The molecule has 0 aliphatic carbocycles. The van der Waals surface area contributed by atoms with E-state index in [1.165, 1.54) is 22.3 Å². The fourth-order valence-corrected chi connectivity index (χ4v) is 4.59. The Morgan fingerprint density at radius 1 is 1.11 bits per heavy atom. The van der Waals surface area contributed by atoms with Gasteiger partial charge in [0.1, 0.15) is 0 Å². The molecule has 1 aromatic heterocycles. The van der Waals surface area contributed by atoms with Crippen molar-refractivity contribution in [2.75, 3.05) is 13.1 Å². The van der Waals surface area contributed by atoms with Crippen molar-refractivity contribution in [2.45, 2.75) is 32.9 Å². The monoisotopic (exact) mass is 390 g/mol. The fraction of sp³-hybridized carbons (Fsp3) is 0.292. The van der Waals surface area contributed by atoms with Crippen LogP contribution in [0.5, 0.6) is 0 Å². The molecule has 144 valence electrons. The summed E-state index contributed by atoms with van der Waals surface area (Å²) < 4.78 is 0. The first-order valence-corrected chi connectivity index (χ1v) is 10.7. The third kappa shape index (κ3) is 4.03. The number of fused-ring (bicyclic) bond motifs is 1. The molecule has 28 heavy (non-hydrogen) atoms. The molecule has 3 nitrogen and oxygen atoms in total. The number of carbonyl (C=O) groups is 1. The first kappa shape index (κ1) is 18.9. The van der Waals surface area contributed by atoms with E-state index in [4.69, 9.17) is 0 Å². The lowest BCUT2D eigenvalue weighted by Crippen LogP contribution is -2.40. The standard InChI is InChI=1S/C24H26N2OS/c1-17-7-8-20(13-18(17)2)24(27)25-14-23(22-10-12-28-16-22)26-11-9-19-5-3-4-6-21(19)15-26/h3-8,10,12-13,16,23H,9,11,14-15H2,1-2H3,(H,25,27). The van der Waals surface area contributed by atoms with Crippen molar-refractivity contribution in [2.24, 2.45) is 0 Å². The zero-order chi connectivity index (χ0) is 19.5. The third-order valence-electron chi connectivity index (χ3n) is 5.75. The van der Waals surface area contributed by atoms with Crippen LogP contribution in [0.15, 0.2) is 59.3 Å². The first-order valence-electron chi connectivity index (χ1n) is 9.80. The van der Waals surface area contributed by atoms with E-state index in [9.17, 15) is 4.79 Å². The number of thiophene rings is 1. The molecule has 3 aromatic rings. The van der Waals surface area contributed by atoms with E-state index >= 15 is 0 Å². The largest absolute Gasteiger partial charge is 0.350 e. The van der Waals surface area contributed by atoms with Crippen molar-refractivity contribution in [3.8, 4) is 0 Å². The number of benzene rings is 2. The molecule has 2 heterocycles. The van der Waals surface area contributed by atoms with Gasteiger partial charge in [0.2, 0.25) is 0 Å². The van der Waals surface area contributed by atoms with Crippen molar-refractivity contribution in [1.82, 2.24) is 10.2 Å². The van der Waals surface area contributed by atoms with Gasteiger partial charge < -0.3 is 5.32 Å². The predicted octanol–water partition coefficient (Wildman–Crippen LogP) is 4.89. The number of aryl methyl sites for hydroxylation is 2. The Labute approximate surface area is 171 Å². The van der Waals surface area contributed by atoms with Crippen LogP contribution in [0.1, 0.15) is 44.2 Å². The summed E-state index contributed by atoms with van der Waals surface area (Å²) in [6.07, 6.45) is 1.06. The number of amides is 1. The van der Waals surface area contributed by atoms with Crippen LogP contribution in [0.25, 0.3) is 0 Å². The smallest absolute Gasteiger partial charge is 0.251 e. The van der Waals surface area contributed by atoms with Crippen molar-refractivity contribution in [3.05, 3.63) is 92.7 Å². The molecule has 1 unspecified atom stereocenters. The molecule has 1 N–H and O–H groups in total. The average Bonchev–Trinajstić information content (AvgIpc) is 3.24. The lowest BCUT2D eigenvalue weighted by molar-refractivity contribution is 0.0928. The molecular weight excluding hydrogens is 364 g/mol. The van der Waals surface area contributed by atoms with Crippen LogP contribution in [-0.4, -0.2) is 23.9 Å². The van der Waals surface area contributed by atoms with Gasteiger partial charge in [0.15, 0.2) is 0 Å². The van der Waals surface area contributed by atoms with Crippen molar-refractivity contribution in [3.63, 3.8) is 0 Å². The zero-order valence-electron chi connectivity index (χ0n) is 16.4. The summed E-state index contributed by atoms with van der Waals surface area (Å²) in [5.74, 6) is 0.000684. The summed E-state index contributed by atoms with van der Waals surface area (Å²) in [4.78, 5) is 15.2. The van der Waals surface area contributed by atoms with Gasteiger partial charge in [-0.3, -0.25) is 9.69 Å². The summed E-state index contributed by atoms with van der Waals surface area (Å²) in [5.41, 5.74) is 7.21. The van der Waals surface area contributed by atoms with Gasteiger partial charge in [-0.2, -0.15) is 11.3 Å². The molecule has 1 amide bonds. The minimum absolute atomic E-state index is 0.000684. The number of hydrogen-bond donors (Lipinski definition) is 1. The van der Waals surface area contributed by atoms with Crippen molar-refractivity contribution >= 4 is 17.2 Å². The molecule has 2 aromatic carbocycles. The number of hydrogen-bond acceptors (Lipinski definition) is 3. The number of nitrogens with zero attached hydrogens (tertiary/aromatic N) is 1. The predicted molar refractivity (Wildman–Crippen MR) is 116 cm³/mol. The van der Waals surface area contributed by atoms with E-state index in [1.807, 2.05) is 25.1 Å². The second-order valence-corrected chi connectivity index (χ2v) is 8.35. The number of nitrogens with one attached hydrogen (secondary N) is 1. The van der Waals surface area contributed by atoms with Gasteiger partial charge in [0.05, 0.1) is 6.04 Å². The Kier molecular flexibility index (Phi) is 5.60. The van der Waals surface area contributed by atoms with Crippen molar-refractivity contribution in [1.29, 1.82) is 0 Å². The molecule has 4 heteroatoms. The van der Waals surface area contributed by atoms with Crippen LogP contribution in [0.4, 0.5) is 0 Å². The maximum absolute atomic E-state index is 12.7. The van der Waals surface area contributed by atoms with Crippen LogP contribution < -0.4 is 5.32 Å². The highest BCUT2D eigenvalue weighted by Gasteiger charge is 2.25. The van der Waals surface area contributed by atoms with E-state index in [1.54, 1.807) is 11.3 Å². The Bertz CT molecular complexity index is 964. The molecule has 0 radical (unpaired) electrons. The minimum Gasteiger partial charge on any atom is -0.350 e. The first-order chi connectivity index (χ1) is 13.6. The SMILES string of the molecule is Cc1ccc(C(=O)NCC(c2ccsc2)N2CCc3ccccc3C2)cc1C. The van der Waals surface area contributed by atoms with Crippen LogP contribution in [0.3, 0.4) is 0 Å². The molecule has 0 saturated carbocycles. The molecule has 1 aliphatic rings. The van der Waals surface area contributed by atoms with E-state index in [2.05, 4.69) is 58.2 Å². The van der Waals surface area contributed by atoms with Gasteiger partial charge in [-0.05, 0) is 77.0 Å². The Hall–Kier alpha value is -2.43. The lowest BCUT2D eigenvalue weighted by atomic mass is 9.97. The third-order valence-corrected chi connectivity index (χ3v) is 6.46. The highest BCUT2D eigenvalue weighted by Crippen LogP contribution is 2.28. The van der Waals surface area contributed by atoms with Crippen LogP contribution in [0, 0.1) is 13.8 Å².